The zero-order valence-corrected chi connectivity index (χ0v) is 11.4. The molecule has 3 aromatic rings. The third-order valence-electron chi connectivity index (χ3n) is 3.78. The lowest BCUT2D eigenvalue weighted by Crippen LogP contribution is -1.77. The molecule has 0 atom stereocenters. The van der Waals surface area contributed by atoms with Crippen LogP contribution in [0.5, 0.6) is 5.75 Å². The topological polar surface area (TPSA) is 20.2 Å². The van der Waals surface area contributed by atoms with Crippen LogP contribution in [-0.2, 0) is 12.8 Å². The van der Waals surface area contributed by atoms with Gasteiger partial charge in [0.1, 0.15) is 5.75 Å². The minimum atomic E-state index is 0.350. The highest BCUT2D eigenvalue weighted by Crippen LogP contribution is 2.23. The van der Waals surface area contributed by atoms with Gasteiger partial charge in [-0.1, -0.05) is 60.7 Å². The Morgan fingerprint density at radius 2 is 1.25 bits per heavy atom. The molecule has 0 aliphatic heterocycles. The van der Waals surface area contributed by atoms with Crippen LogP contribution in [0, 0.1) is 0 Å². The van der Waals surface area contributed by atoms with Crippen LogP contribution in [0.15, 0.2) is 66.7 Å². The van der Waals surface area contributed by atoms with Crippen LogP contribution in [-0.4, -0.2) is 5.11 Å². The molecule has 0 saturated heterocycles. The summed E-state index contributed by atoms with van der Waals surface area (Å²) in [4.78, 5) is 0. The lowest BCUT2D eigenvalue weighted by atomic mass is 10.1. The fraction of sp³-hybridized carbons (Fsp3) is 0.158. The van der Waals surface area contributed by atoms with Crippen LogP contribution in [0.4, 0.5) is 0 Å². The lowest BCUT2D eigenvalue weighted by molar-refractivity contribution is 0.481. The number of rotatable bonds is 0. The fourth-order valence-corrected chi connectivity index (χ4v) is 2.72. The van der Waals surface area contributed by atoms with Gasteiger partial charge in [-0.25, -0.2) is 0 Å². The van der Waals surface area contributed by atoms with Gasteiger partial charge in [-0.3, -0.25) is 0 Å². The van der Waals surface area contributed by atoms with E-state index in [0.717, 1.165) is 10.8 Å². The molecule has 0 amide bonds. The molecule has 0 spiro atoms. The van der Waals surface area contributed by atoms with Crippen molar-refractivity contribution < 1.29 is 5.11 Å². The van der Waals surface area contributed by atoms with E-state index < -0.39 is 0 Å². The van der Waals surface area contributed by atoms with Crippen molar-refractivity contribution in [1.29, 1.82) is 0 Å². The van der Waals surface area contributed by atoms with Gasteiger partial charge in [-0.2, -0.15) is 0 Å². The molecule has 0 heterocycles. The summed E-state index contributed by atoms with van der Waals surface area (Å²) in [5.74, 6) is 0.350. The third kappa shape index (κ3) is 2.67. The Balaban J connectivity index is 0.000000123. The highest BCUT2D eigenvalue weighted by Gasteiger charge is 2.07. The normalized spacial score (nSPS) is 12.6. The van der Waals surface area contributed by atoms with Crippen LogP contribution in [0.1, 0.15) is 17.5 Å². The van der Waals surface area contributed by atoms with Gasteiger partial charge >= 0.3 is 0 Å². The van der Waals surface area contributed by atoms with Gasteiger partial charge in [0.25, 0.3) is 0 Å². The third-order valence-corrected chi connectivity index (χ3v) is 3.78. The fourth-order valence-electron chi connectivity index (χ4n) is 2.72. The SMILES string of the molecule is Oc1cccc2ccccc12.c1ccc2c(c1)CCC2. The van der Waals surface area contributed by atoms with E-state index in [4.69, 9.17) is 0 Å². The van der Waals surface area contributed by atoms with Crippen LogP contribution in [0.25, 0.3) is 10.8 Å². The van der Waals surface area contributed by atoms with Crippen LogP contribution < -0.4 is 0 Å². The zero-order valence-electron chi connectivity index (χ0n) is 11.4. The molecule has 1 nitrogen and oxygen atoms in total. The first-order chi connectivity index (χ1) is 9.84. The van der Waals surface area contributed by atoms with E-state index in [1.165, 1.54) is 19.3 Å². The van der Waals surface area contributed by atoms with Crippen molar-refractivity contribution in [3.63, 3.8) is 0 Å². The standard InChI is InChI=1S/C10H8O.C9H10/c11-10-7-3-5-8-4-1-2-6-9(8)10;1-2-5-9-7-3-6-8(9)4-1/h1-7,11H;1-2,4-5H,3,6-7H2. The summed E-state index contributed by atoms with van der Waals surface area (Å²) in [6, 6.07) is 22.0. The average Bonchev–Trinajstić information content (AvgIpc) is 2.97. The van der Waals surface area contributed by atoms with Gasteiger partial charge in [0.05, 0.1) is 0 Å². The predicted octanol–water partition coefficient (Wildman–Crippen LogP) is 4.72. The van der Waals surface area contributed by atoms with Crippen molar-refractivity contribution in [1.82, 2.24) is 0 Å². The second kappa shape index (κ2) is 5.79. The monoisotopic (exact) mass is 262 g/mol. The van der Waals surface area contributed by atoms with Crippen LogP contribution in [0.2, 0.25) is 0 Å². The maximum Gasteiger partial charge on any atom is 0.123 e. The Kier molecular flexibility index (Phi) is 3.69. The molecule has 3 aromatic carbocycles. The summed E-state index contributed by atoms with van der Waals surface area (Å²) in [5, 5.41) is 11.4. The Hall–Kier alpha value is -2.28. The molecule has 0 fully saturated rings. The van der Waals surface area contributed by atoms with Gasteiger partial charge in [0.15, 0.2) is 0 Å². The minimum Gasteiger partial charge on any atom is -0.507 e. The van der Waals surface area contributed by atoms with E-state index in [1.807, 2.05) is 36.4 Å². The summed E-state index contributed by atoms with van der Waals surface area (Å²) in [7, 11) is 0. The van der Waals surface area contributed by atoms with E-state index in [-0.39, 0.29) is 0 Å². The quantitative estimate of drug-likeness (QED) is 0.621. The number of hydrogen-bond acceptors (Lipinski definition) is 1. The molecule has 100 valence electrons. The van der Waals surface area contributed by atoms with Crippen LogP contribution >= 0.6 is 0 Å². The molecule has 0 bridgehead atoms. The van der Waals surface area contributed by atoms with Crippen molar-refractivity contribution in [2.24, 2.45) is 0 Å². The average molecular weight is 262 g/mol. The van der Waals surface area contributed by atoms with Crippen molar-refractivity contribution >= 4 is 10.8 Å². The van der Waals surface area contributed by atoms with Crippen LogP contribution in [0.3, 0.4) is 0 Å². The molecule has 0 saturated carbocycles. The Labute approximate surface area is 119 Å². The van der Waals surface area contributed by atoms with Crippen molar-refractivity contribution in [2.45, 2.75) is 19.3 Å². The smallest absolute Gasteiger partial charge is 0.123 e. The molecule has 4 rings (SSSR count). The highest BCUT2D eigenvalue weighted by molar-refractivity contribution is 5.87. The molecule has 1 heteroatoms. The van der Waals surface area contributed by atoms with E-state index in [2.05, 4.69) is 24.3 Å². The Bertz CT molecular complexity index is 687. The molecule has 1 aliphatic carbocycles. The molecular weight excluding hydrogens is 244 g/mol. The van der Waals surface area contributed by atoms with Gasteiger partial charge in [-0.15, -0.1) is 0 Å². The van der Waals surface area contributed by atoms with Gasteiger partial charge in [0, 0.05) is 5.39 Å². The van der Waals surface area contributed by atoms with Gasteiger partial charge in [0.2, 0.25) is 0 Å². The molecule has 0 aromatic heterocycles. The highest BCUT2D eigenvalue weighted by atomic mass is 16.3. The second-order valence-electron chi connectivity index (χ2n) is 5.12. The molecular formula is C19H18O. The van der Waals surface area contributed by atoms with E-state index in [0.29, 0.717) is 5.75 Å². The van der Waals surface area contributed by atoms with Crippen molar-refractivity contribution in [3.05, 3.63) is 77.9 Å². The molecule has 20 heavy (non-hydrogen) atoms. The Morgan fingerprint density at radius 3 is 1.95 bits per heavy atom. The number of aromatic hydroxyl groups is 1. The second-order valence-corrected chi connectivity index (χ2v) is 5.12. The molecule has 1 N–H and O–H groups in total. The van der Waals surface area contributed by atoms with E-state index in [9.17, 15) is 5.11 Å². The first-order valence-electron chi connectivity index (χ1n) is 7.08. The van der Waals surface area contributed by atoms with E-state index in [1.54, 1.807) is 17.2 Å². The number of fused-ring (bicyclic) bond motifs is 2. The van der Waals surface area contributed by atoms with Crippen molar-refractivity contribution in [2.75, 3.05) is 0 Å². The molecule has 0 radical (unpaired) electrons. The number of benzene rings is 3. The summed E-state index contributed by atoms with van der Waals surface area (Å²) < 4.78 is 0. The first-order valence-corrected chi connectivity index (χ1v) is 7.08. The molecule has 1 aliphatic rings. The zero-order chi connectivity index (χ0) is 13.8. The lowest BCUT2D eigenvalue weighted by Gasteiger charge is -1.97. The largest absolute Gasteiger partial charge is 0.507 e. The summed E-state index contributed by atoms with van der Waals surface area (Å²) in [6.07, 6.45) is 3.96. The maximum atomic E-state index is 9.37. The van der Waals surface area contributed by atoms with Gasteiger partial charge in [-0.05, 0) is 41.8 Å². The summed E-state index contributed by atoms with van der Waals surface area (Å²) >= 11 is 0. The summed E-state index contributed by atoms with van der Waals surface area (Å²) in [5.41, 5.74) is 3.13. The number of phenols is 1. The summed E-state index contributed by atoms with van der Waals surface area (Å²) in [6.45, 7) is 0. The predicted molar refractivity (Wildman–Crippen MR) is 84.1 cm³/mol. The van der Waals surface area contributed by atoms with Gasteiger partial charge < -0.3 is 5.11 Å². The number of phenolic OH excluding ortho intramolecular Hbond substituents is 1. The number of hydrogen-bond donors (Lipinski definition) is 1. The van der Waals surface area contributed by atoms with E-state index >= 15 is 0 Å². The minimum absolute atomic E-state index is 0.350. The Morgan fingerprint density at radius 1 is 0.650 bits per heavy atom. The maximum absolute atomic E-state index is 9.37. The van der Waals surface area contributed by atoms with Crippen molar-refractivity contribution in [3.8, 4) is 5.75 Å². The first kappa shape index (κ1) is 12.7. The number of aryl methyl sites for hydroxylation is 2. The molecule has 0 unspecified atom stereocenters.